The number of anilines is 2. The Morgan fingerprint density at radius 2 is 1.89 bits per heavy atom. The van der Waals surface area contributed by atoms with Gasteiger partial charge in [-0.2, -0.15) is 0 Å². The summed E-state index contributed by atoms with van der Waals surface area (Å²) >= 11 is 8.14. The van der Waals surface area contributed by atoms with Crippen LogP contribution >= 0.6 is 22.9 Å². The van der Waals surface area contributed by atoms with E-state index in [9.17, 15) is 0 Å². The standard InChI is InChI=1S/C25H20ClN5O3S/c1-32-22-9-19-17(8-23(22)34-16-10-27-11-16)25(29-12-28-19)31-14-2-4-21(18(26)6-14)33-15-3-5-24-20(7-15)30-13-35-24/h2-9,12-13,16,27H,10-11H2,1H3,(H,28,29,31). The molecule has 35 heavy (non-hydrogen) atoms. The lowest BCUT2D eigenvalue weighted by Crippen LogP contribution is -2.50. The van der Waals surface area contributed by atoms with Gasteiger partial charge < -0.3 is 24.8 Å². The van der Waals surface area contributed by atoms with Crippen molar-refractivity contribution in [3.63, 3.8) is 0 Å². The minimum absolute atomic E-state index is 0.116. The minimum Gasteiger partial charge on any atom is -0.493 e. The first-order valence-corrected chi connectivity index (χ1v) is 12.2. The van der Waals surface area contributed by atoms with Crippen LogP contribution < -0.4 is 24.8 Å². The van der Waals surface area contributed by atoms with Gasteiger partial charge in [0, 0.05) is 36.3 Å². The fraction of sp³-hybridized carbons (Fsp3) is 0.160. The van der Waals surface area contributed by atoms with Crippen molar-refractivity contribution < 1.29 is 14.2 Å². The molecule has 1 saturated heterocycles. The summed E-state index contributed by atoms with van der Waals surface area (Å²) < 4.78 is 18.7. The van der Waals surface area contributed by atoms with Crippen molar-refractivity contribution in [2.75, 3.05) is 25.5 Å². The van der Waals surface area contributed by atoms with E-state index in [4.69, 9.17) is 25.8 Å². The lowest BCUT2D eigenvalue weighted by molar-refractivity contribution is 0.137. The van der Waals surface area contributed by atoms with Crippen LogP contribution in [0.15, 0.2) is 60.4 Å². The number of fused-ring (bicyclic) bond motifs is 2. The number of rotatable bonds is 7. The first-order chi connectivity index (χ1) is 17.2. The van der Waals surface area contributed by atoms with E-state index in [2.05, 4.69) is 25.6 Å². The van der Waals surface area contributed by atoms with E-state index in [0.717, 1.165) is 39.9 Å². The summed E-state index contributed by atoms with van der Waals surface area (Å²) in [5, 5.41) is 7.82. The number of methoxy groups -OCH3 is 1. The van der Waals surface area contributed by atoms with Gasteiger partial charge in [0.1, 0.15) is 29.7 Å². The molecule has 1 aliphatic heterocycles. The van der Waals surface area contributed by atoms with E-state index in [1.165, 1.54) is 6.33 Å². The average molecular weight is 506 g/mol. The summed E-state index contributed by atoms with van der Waals surface area (Å²) in [4.78, 5) is 13.2. The molecule has 0 radical (unpaired) electrons. The molecular formula is C25H20ClN5O3S. The molecule has 2 aromatic heterocycles. The van der Waals surface area contributed by atoms with E-state index < -0.39 is 0 Å². The molecule has 0 spiro atoms. The van der Waals surface area contributed by atoms with E-state index in [1.54, 1.807) is 24.5 Å². The molecule has 10 heteroatoms. The predicted molar refractivity (Wildman–Crippen MR) is 138 cm³/mol. The second kappa shape index (κ2) is 9.18. The Labute approximate surface area is 209 Å². The molecule has 3 heterocycles. The fourth-order valence-corrected chi connectivity index (χ4v) is 4.64. The molecule has 6 rings (SSSR count). The second-order valence-electron chi connectivity index (χ2n) is 7.99. The molecule has 0 aliphatic carbocycles. The second-order valence-corrected chi connectivity index (χ2v) is 9.29. The van der Waals surface area contributed by atoms with Crippen LogP contribution in [0.4, 0.5) is 11.5 Å². The molecule has 0 atom stereocenters. The number of ether oxygens (including phenoxy) is 3. The number of benzene rings is 3. The number of hydrogen-bond acceptors (Lipinski definition) is 9. The summed E-state index contributed by atoms with van der Waals surface area (Å²) in [5.41, 5.74) is 4.21. The molecule has 0 bridgehead atoms. The number of halogens is 1. The molecule has 0 unspecified atom stereocenters. The maximum absolute atomic E-state index is 6.55. The van der Waals surface area contributed by atoms with Crippen LogP contribution in [0.2, 0.25) is 5.02 Å². The van der Waals surface area contributed by atoms with E-state index >= 15 is 0 Å². The van der Waals surface area contributed by atoms with Gasteiger partial charge in [-0.15, -0.1) is 11.3 Å². The van der Waals surface area contributed by atoms with Gasteiger partial charge in [-0.1, -0.05) is 11.6 Å². The summed E-state index contributed by atoms with van der Waals surface area (Å²) in [6, 6.07) is 15.1. The molecule has 0 saturated carbocycles. The van der Waals surface area contributed by atoms with Crippen molar-refractivity contribution in [1.29, 1.82) is 0 Å². The average Bonchev–Trinajstić information content (AvgIpc) is 3.31. The topological polar surface area (TPSA) is 90.4 Å². The molecule has 5 aromatic rings. The fourth-order valence-electron chi connectivity index (χ4n) is 3.77. The van der Waals surface area contributed by atoms with Crippen LogP contribution in [0.25, 0.3) is 21.1 Å². The maximum atomic E-state index is 6.55. The Bertz CT molecular complexity index is 1540. The van der Waals surface area contributed by atoms with Crippen LogP contribution in [-0.2, 0) is 0 Å². The van der Waals surface area contributed by atoms with Crippen molar-refractivity contribution in [3.05, 3.63) is 65.4 Å². The summed E-state index contributed by atoms with van der Waals surface area (Å²) in [7, 11) is 1.62. The normalized spacial score (nSPS) is 13.5. The molecule has 8 nitrogen and oxygen atoms in total. The van der Waals surface area contributed by atoms with Crippen LogP contribution in [0.1, 0.15) is 0 Å². The molecule has 176 valence electrons. The van der Waals surface area contributed by atoms with Gasteiger partial charge in [0.2, 0.25) is 0 Å². The third-order valence-electron chi connectivity index (χ3n) is 5.68. The van der Waals surface area contributed by atoms with E-state index in [-0.39, 0.29) is 6.10 Å². The zero-order chi connectivity index (χ0) is 23.8. The Morgan fingerprint density at radius 3 is 2.69 bits per heavy atom. The monoisotopic (exact) mass is 505 g/mol. The Kier molecular flexibility index (Phi) is 5.73. The lowest BCUT2D eigenvalue weighted by atomic mass is 10.2. The van der Waals surface area contributed by atoms with Crippen LogP contribution in [-0.4, -0.2) is 41.3 Å². The van der Waals surface area contributed by atoms with Gasteiger partial charge in [-0.05, 0) is 36.4 Å². The summed E-state index contributed by atoms with van der Waals surface area (Å²) in [6.45, 7) is 1.62. The van der Waals surface area contributed by atoms with Crippen molar-refractivity contribution in [1.82, 2.24) is 20.3 Å². The highest BCUT2D eigenvalue weighted by atomic mass is 35.5. The zero-order valence-corrected chi connectivity index (χ0v) is 20.2. The van der Waals surface area contributed by atoms with Crippen LogP contribution in [0.3, 0.4) is 0 Å². The first-order valence-electron chi connectivity index (χ1n) is 10.9. The van der Waals surface area contributed by atoms with E-state index in [0.29, 0.717) is 33.8 Å². The van der Waals surface area contributed by atoms with E-state index in [1.807, 2.05) is 48.0 Å². The van der Waals surface area contributed by atoms with Gasteiger partial charge in [0.05, 0.1) is 33.4 Å². The largest absolute Gasteiger partial charge is 0.493 e. The van der Waals surface area contributed by atoms with Crippen LogP contribution in [0, 0.1) is 0 Å². The maximum Gasteiger partial charge on any atom is 0.162 e. The van der Waals surface area contributed by atoms with Gasteiger partial charge in [0.25, 0.3) is 0 Å². The minimum atomic E-state index is 0.116. The van der Waals surface area contributed by atoms with Gasteiger partial charge in [0.15, 0.2) is 11.5 Å². The first kappa shape index (κ1) is 21.8. The number of hydrogen-bond donors (Lipinski definition) is 2. The Morgan fingerprint density at radius 1 is 0.971 bits per heavy atom. The van der Waals surface area contributed by atoms with Crippen molar-refractivity contribution in [2.24, 2.45) is 0 Å². The summed E-state index contributed by atoms with van der Waals surface area (Å²) in [5.74, 6) is 3.15. The van der Waals surface area contributed by atoms with Crippen molar-refractivity contribution in [2.45, 2.75) is 6.10 Å². The van der Waals surface area contributed by atoms with Crippen molar-refractivity contribution >= 4 is 55.6 Å². The zero-order valence-electron chi connectivity index (χ0n) is 18.6. The highest BCUT2D eigenvalue weighted by molar-refractivity contribution is 7.16. The van der Waals surface area contributed by atoms with Gasteiger partial charge in [-0.3, -0.25) is 0 Å². The summed E-state index contributed by atoms with van der Waals surface area (Å²) in [6.07, 6.45) is 1.62. The molecular weight excluding hydrogens is 486 g/mol. The van der Waals surface area contributed by atoms with Gasteiger partial charge in [-0.25, -0.2) is 15.0 Å². The number of nitrogens with one attached hydrogen (secondary N) is 2. The smallest absolute Gasteiger partial charge is 0.162 e. The molecule has 2 N–H and O–H groups in total. The SMILES string of the molecule is COc1cc2ncnc(Nc3ccc(Oc4ccc5scnc5c4)c(Cl)c3)c2cc1OC1CNC1. The number of thiazole rings is 1. The molecule has 1 aliphatic rings. The highest BCUT2D eigenvalue weighted by Gasteiger charge is 2.21. The third kappa shape index (κ3) is 4.41. The number of nitrogens with zero attached hydrogens (tertiary/aromatic N) is 3. The highest BCUT2D eigenvalue weighted by Crippen LogP contribution is 2.37. The van der Waals surface area contributed by atoms with Gasteiger partial charge >= 0.3 is 0 Å². The Hall–Kier alpha value is -3.66. The molecule has 1 fully saturated rings. The van der Waals surface area contributed by atoms with Crippen molar-refractivity contribution in [3.8, 4) is 23.0 Å². The molecule has 3 aromatic carbocycles. The lowest BCUT2D eigenvalue weighted by Gasteiger charge is -2.28. The Balaban J connectivity index is 1.27. The molecule has 0 amide bonds. The predicted octanol–water partition coefficient (Wildman–Crippen LogP) is 5.79. The van der Waals surface area contributed by atoms with Crippen LogP contribution in [0.5, 0.6) is 23.0 Å². The quantitative estimate of drug-likeness (QED) is 0.287. The third-order valence-corrected chi connectivity index (χ3v) is 6.79. The number of aromatic nitrogens is 3.